The summed E-state index contributed by atoms with van der Waals surface area (Å²) in [6.07, 6.45) is 5.35. The number of hydrogen-bond acceptors (Lipinski definition) is 6. The number of benzene rings is 1. The van der Waals surface area contributed by atoms with Gasteiger partial charge >= 0.3 is 0 Å². The molecular weight excluding hydrogens is 362 g/mol. The second-order valence-electron chi connectivity index (χ2n) is 6.67. The van der Waals surface area contributed by atoms with Gasteiger partial charge in [0.15, 0.2) is 5.58 Å². The van der Waals surface area contributed by atoms with E-state index < -0.39 is 0 Å². The number of para-hydroxylation sites is 2. The van der Waals surface area contributed by atoms with E-state index in [-0.39, 0.29) is 17.7 Å². The lowest BCUT2D eigenvalue weighted by Crippen LogP contribution is -2.40. The molecule has 0 radical (unpaired) electrons. The number of oxazole rings is 1. The summed E-state index contributed by atoms with van der Waals surface area (Å²) in [5.41, 5.74) is 1.55. The number of carbonyl (C=O) groups is 1. The largest absolute Gasteiger partial charge is 0.468 e. The van der Waals surface area contributed by atoms with Crippen LogP contribution in [0.15, 0.2) is 56.7 Å². The van der Waals surface area contributed by atoms with Crippen LogP contribution in [0, 0.1) is 0 Å². The predicted molar refractivity (Wildman–Crippen MR) is 105 cm³/mol. The highest BCUT2D eigenvalue weighted by atomic mass is 32.2. The van der Waals surface area contributed by atoms with Crippen molar-refractivity contribution >= 4 is 28.8 Å². The molecule has 7 heteroatoms. The van der Waals surface area contributed by atoms with Crippen molar-refractivity contribution in [2.75, 3.05) is 25.4 Å². The van der Waals surface area contributed by atoms with Crippen LogP contribution in [-0.2, 0) is 4.79 Å². The first kappa shape index (κ1) is 18.1. The fraction of sp³-hybridized carbons (Fsp3) is 0.400. The number of furan rings is 1. The molecule has 2 aromatic heterocycles. The van der Waals surface area contributed by atoms with E-state index in [4.69, 9.17) is 8.83 Å². The summed E-state index contributed by atoms with van der Waals surface area (Å²) in [5, 5.41) is 3.56. The smallest absolute Gasteiger partial charge is 0.257 e. The Bertz CT molecular complexity index is 839. The SMILES string of the molecule is O=C(CSc1nc2ccccc2o1)NCC(c1ccco1)N1CCCCC1. The quantitative estimate of drug-likeness (QED) is 0.623. The summed E-state index contributed by atoms with van der Waals surface area (Å²) in [6, 6.07) is 11.6. The van der Waals surface area contributed by atoms with E-state index in [9.17, 15) is 4.79 Å². The van der Waals surface area contributed by atoms with Gasteiger partial charge in [-0.25, -0.2) is 4.98 Å². The van der Waals surface area contributed by atoms with E-state index in [0.29, 0.717) is 11.8 Å². The van der Waals surface area contributed by atoms with Gasteiger partial charge in [0.2, 0.25) is 5.91 Å². The molecule has 4 rings (SSSR count). The lowest BCUT2D eigenvalue weighted by atomic mass is 10.1. The van der Waals surface area contributed by atoms with Crippen molar-refractivity contribution in [3.63, 3.8) is 0 Å². The molecule has 3 aromatic rings. The summed E-state index contributed by atoms with van der Waals surface area (Å²) >= 11 is 1.31. The van der Waals surface area contributed by atoms with Crippen molar-refractivity contribution in [1.82, 2.24) is 15.2 Å². The van der Waals surface area contributed by atoms with Crippen LogP contribution in [0.25, 0.3) is 11.1 Å². The molecule has 0 spiro atoms. The van der Waals surface area contributed by atoms with Gasteiger partial charge in [-0.15, -0.1) is 0 Å². The monoisotopic (exact) mass is 385 g/mol. The molecule has 1 aliphatic rings. The molecule has 1 fully saturated rings. The maximum absolute atomic E-state index is 12.3. The first-order valence-electron chi connectivity index (χ1n) is 9.32. The molecule has 1 aromatic carbocycles. The molecule has 0 aliphatic carbocycles. The molecule has 1 aliphatic heterocycles. The third-order valence-corrected chi connectivity index (χ3v) is 5.62. The number of amides is 1. The van der Waals surface area contributed by atoms with Crippen LogP contribution in [0.4, 0.5) is 0 Å². The number of hydrogen-bond donors (Lipinski definition) is 1. The molecule has 1 N–H and O–H groups in total. The summed E-state index contributed by atoms with van der Waals surface area (Å²) in [4.78, 5) is 19.1. The normalized spacial score (nSPS) is 16.4. The molecule has 1 saturated heterocycles. The van der Waals surface area contributed by atoms with Crippen molar-refractivity contribution in [3.8, 4) is 0 Å². The number of carbonyl (C=O) groups excluding carboxylic acids is 1. The molecule has 1 atom stereocenters. The maximum Gasteiger partial charge on any atom is 0.257 e. The average Bonchev–Trinajstić information content (AvgIpc) is 3.37. The molecule has 3 heterocycles. The first-order chi connectivity index (χ1) is 13.3. The third-order valence-electron chi connectivity index (χ3n) is 4.80. The number of thioether (sulfide) groups is 1. The fourth-order valence-corrected chi connectivity index (χ4v) is 4.09. The fourth-order valence-electron chi connectivity index (χ4n) is 3.42. The summed E-state index contributed by atoms with van der Waals surface area (Å²) in [6.45, 7) is 2.62. The Morgan fingerprint density at radius 3 is 2.81 bits per heavy atom. The standard InChI is InChI=1S/C20H23N3O3S/c24-19(14-27-20-22-15-7-2-3-8-17(15)26-20)21-13-16(18-9-6-12-25-18)23-10-4-1-5-11-23/h2-3,6-9,12,16H,1,4-5,10-11,13-14H2,(H,21,24). The molecule has 142 valence electrons. The predicted octanol–water partition coefficient (Wildman–Crippen LogP) is 3.86. The minimum absolute atomic E-state index is 0.0316. The van der Waals surface area contributed by atoms with Crippen LogP contribution in [0.2, 0.25) is 0 Å². The van der Waals surface area contributed by atoms with Gasteiger partial charge in [0.1, 0.15) is 11.3 Å². The van der Waals surface area contributed by atoms with Gasteiger partial charge in [0.05, 0.1) is 18.1 Å². The number of piperidine rings is 1. The van der Waals surface area contributed by atoms with Gasteiger partial charge in [0, 0.05) is 6.54 Å². The number of likely N-dealkylation sites (tertiary alicyclic amines) is 1. The van der Waals surface area contributed by atoms with Crippen molar-refractivity contribution < 1.29 is 13.6 Å². The van der Waals surface area contributed by atoms with Gasteiger partial charge in [-0.3, -0.25) is 9.69 Å². The minimum atomic E-state index is -0.0316. The highest BCUT2D eigenvalue weighted by molar-refractivity contribution is 7.99. The number of aromatic nitrogens is 1. The maximum atomic E-state index is 12.3. The van der Waals surface area contributed by atoms with Gasteiger partial charge in [0.25, 0.3) is 5.22 Å². The average molecular weight is 385 g/mol. The summed E-state index contributed by atoms with van der Waals surface area (Å²) in [5.74, 6) is 1.15. The van der Waals surface area contributed by atoms with E-state index >= 15 is 0 Å². The highest BCUT2D eigenvalue weighted by Crippen LogP contribution is 2.25. The topological polar surface area (TPSA) is 71.5 Å². The van der Waals surface area contributed by atoms with Crippen LogP contribution in [-0.4, -0.2) is 41.2 Å². The van der Waals surface area contributed by atoms with Crippen molar-refractivity contribution in [2.45, 2.75) is 30.5 Å². The van der Waals surface area contributed by atoms with E-state index in [1.165, 1.54) is 31.0 Å². The van der Waals surface area contributed by atoms with Gasteiger partial charge < -0.3 is 14.2 Å². The zero-order valence-corrected chi connectivity index (χ0v) is 15.9. The zero-order valence-electron chi connectivity index (χ0n) is 15.1. The van der Waals surface area contributed by atoms with Crippen LogP contribution in [0.1, 0.15) is 31.1 Å². The van der Waals surface area contributed by atoms with Gasteiger partial charge in [-0.05, 0) is 50.2 Å². The Morgan fingerprint density at radius 2 is 2.04 bits per heavy atom. The van der Waals surface area contributed by atoms with Crippen molar-refractivity contribution in [1.29, 1.82) is 0 Å². The molecule has 0 saturated carbocycles. The number of rotatable bonds is 7. The van der Waals surface area contributed by atoms with Crippen LogP contribution >= 0.6 is 11.8 Å². The number of nitrogens with one attached hydrogen (secondary N) is 1. The number of fused-ring (bicyclic) bond motifs is 1. The first-order valence-corrected chi connectivity index (χ1v) is 10.3. The lowest BCUT2D eigenvalue weighted by Gasteiger charge is -2.33. The van der Waals surface area contributed by atoms with E-state index in [1.54, 1.807) is 6.26 Å². The molecule has 1 unspecified atom stereocenters. The van der Waals surface area contributed by atoms with Crippen LogP contribution in [0.5, 0.6) is 0 Å². The molecule has 1 amide bonds. The van der Waals surface area contributed by atoms with Crippen LogP contribution < -0.4 is 5.32 Å². The van der Waals surface area contributed by atoms with Crippen molar-refractivity contribution in [2.24, 2.45) is 0 Å². The second kappa shape index (κ2) is 8.63. The molecule has 27 heavy (non-hydrogen) atoms. The Kier molecular flexibility index (Phi) is 5.79. The van der Waals surface area contributed by atoms with Crippen LogP contribution in [0.3, 0.4) is 0 Å². The zero-order chi connectivity index (χ0) is 18.5. The number of nitrogens with zero attached hydrogens (tertiary/aromatic N) is 2. The molecule has 0 bridgehead atoms. The van der Waals surface area contributed by atoms with Gasteiger partial charge in [-0.2, -0.15) is 0 Å². The van der Waals surface area contributed by atoms with E-state index in [0.717, 1.165) is 29.9 Å². The minimum Gasteiger partial charge on any atom is -0.468 e. The molecular formula is C20H23N3O3S. The van der Waals surface area contributed by atoms with E-state index in [1.807, 2.05) is 36.4 Å². The Labute approximate surface area is 162 Å². The molecule has 6 nitrogen and oxygen atoms in total. The second-order valence-corrected chi connectivity index (χ2v) is 7.59. The highest BCUT2D eigenvalue weighted by Gasteiger charge is 2.25. The Morgan fingerprint density at radius 1 is 1.19 bits per heavy atom. The lowest BCUT2D eigenvalue weighted by molar-refractivity contribution is -0.118. The third kappa shape index (κ3) is 4.54. The van der Waals surface area contributed by atoms with Crippen molar-refractivity contribution in [3.05, 3.63) is 48.4 Å². The summed E-state index contributed by atoms with van der Waals surface area (Å²) in [7, 11) is 0. The Hall–Kier alpha value is -2.25. The van der Waals surface area contributed by atoms with E-state index in [2.05, 4.69) is 15.2 Å². The van der Waals surface area contributed by atoms with Gasteiger partial charge in [-0.1, -0.05) is 30.3 Å². The summed E-state index contributed by atoms with van der Waals surface area (Å²) < 4.78 is 11.3. The Balaban J connectivity index is 1.32.